The van der Waals surface area contributed by atoms with Crippen LogP contribution in [0.1, 0.15) is 32.7 Å². The van der Waals surface area contributed by atoms with Gasteiger partial charge < -0.3 is 0 Å². The Balaban J connectivity index is 2.05. The molecule has 0 radical (unpaired) electrons. The fourth-order valence-corrected chi connectivity index (χ4v) is 5.30. The third-order valence-corrected chi connectivity index (χ3v) is 7.61. The first-order valence-electron chi connectivity index (χ1n) is 9.18. The number of halogens is 3. The maximum absolute atomic E-state index is 13.4. The van der Waals surface area contributed by atoms with Crippen molar-refractivity contribution in [2.45, 2.75) is 23.5 Å². The van der Waals surface area contributed by atoms with E-state index in [-0.39, 0.29) is 21.0 Å². The number of rotatable bonds is 7. The summed E-state index contributed by atoms with van der Waals surface area (Å²) in [5.74, 6) is -1.28. The van der Waals surface area contributed by atoms with Crippen molar-refractivity contribution >= 4 is 56.2 Å². The molecule has 160 valence electrons. The normalized spacial score (nSPS) is 12.4. The van der Waals surface area contributed by atoms with Gasteiger partial charge in [-0.2, -0.15) is 0 Å². The summed E-state index contributed by atoms with van der Waals surface area (Å²) in [5.41, 5.74) is 1.10. The summed E-state index contributed by atoms with van der Waals surface area (Å²) in [7, 11) is -4.17. The van der Waals surface area contributed by atoms with Crippen LogP contribution < -0.4 is 0 Å². The number of carbonyl (C=O) groups is 2. The van der Waals surface area contributed by atoms with Crippen molar-refractivity contribution in [3.8, 4) is 0 Å². The van der Waals surface area contributed by atoms with E-state index in [1.54, 1.807) is 12.1 Å². The Hall–Kier alpha value is -2.18. The van der Waals surface area contributed by atoms with Gasteiger partial charge in [0.15, 0.2) is 21.4 Å². The molecule has 3 aromatic carbocycles. The number of benzene rings is 3. The van der Waals surface area contributed by atoms with Crippen LogP contribution in [0.4, 0.5) is 0 Å². The second-order valence-corrected chi connectivity index (χ2v) is 10.4. The Morgan fingerprint density at radius 2 is 1.42 bits per heavy atom. The zero-order valence-corrected chi connectivity index (χ0v) is 19.4. The molecule has 0 amide bonds. The molecule has 0 aromatic heterocycles. The predicted molar refractivity (Wildman–Crippen MR) is 123 cm³/mol. The van der Waals surface area contributed by atoms with E-state index in [1.807, 2.05) is 6.92 Å². The Kier molecular flexibility index (Phi) is 7.22. The van der Waals surface area contributed by atoms with Gasteiger partial charge in [-0.05, 0) is 61.5 Å². The largest absolute Gasteiger partial charge is 0.294 e. The minimum atomic E-state index is -4.17. The molecule has 4 nitrogen and oxygen atoms in total. The number of aryl methyl sites for hydroxylation is 1. The van der Waals surface area contributed by atoms with Crippen LogP contribution >= 0.6 is 34.8 Å². The molecule has 0 heterocycles. The maximum Gasteiger partial charge on any atom is 0.189 e. The zero-order valence-electron chi connectivity index (χ0n) is 16.3. The molecule has 0 aliphatic rings. The summed E-state index contributed by atoms with van der Waals surface area (Å²) in [6.45, 7) is 1.82. The van der Waals surface area contributed by atoms with E-state index >= 15 is 0 Å². The molecule has 0 aliphatic carbocycles. The highest BCUT2D eigenvalue weighted by Crippen LogP contribution is 2.27. The highest BCUT2D eigenvalue weighted by atomic mass is 35.5. The van der Waals surface area contributed by atoms with Gasteiger partial charge in [0.1, 0.15) is 5.25 Å². The monoisotopic (exact) mass is 494 g/mol. The van der Waals surface area contributed by atoms with Gasteiger partial charge in [0.2, 0.25) is 0 Å². The van der Waals surface area contributed by atoms with Gasteiger partial charge in [0, 0.05) is 27.6 Å². The summed E-state index contributed by atoms with van der Waals surface area (Å²) < 4.78 is 26.8. The summed E-state index contributed by atoms with van der Waals surface area (Å²) in [6, 6.07) is 16.2. The van der Waals surface area contributed by atoms with Crippen LogP contribution in [0, 0.1) is 6.92 Å². The molecule has 0 unspecified atom stereocenters. The van der Waals surface area contributed by atoms with E-state index in [9.17, 15) is 18.0 Å². The van der Waals surface area contributed by atoms with Crippen molar-refractivity contribution in [1.29, 1.82) is 0 Å². The molecule has 0 N–H and O–H groups in total. The van der Waals surface area contributed by atoms with Crippen molar-refractivity contribution in [2.24, 2.45) is 0 Å². The average Bonchev–Trinajstić information content (AvgIpc) is 2.72. The molecule has 31 heavy (non-hydrogen) atoms. The number of hydrogen-bond donors (Lipinski definition) is 0. The van der Waals surface area contributed by atoms with Crippen LogP contribution in [0.3, 0.4) is 0 Å². The first kappa shape index (κ1) is 23.5. The van der Waals surface area contributed by atoms with Crippen LogP contribution in [0.15, 0.2) is 71.6 Å². The average molecular weight is 496 g/mol. The van der Waals surface area contributed by atoms with Gasteiger partial charge in [-0.25, -0.2) is 8.42 Å². The summed E-state index contributed by atoms with van der Waals surface area (Å²) in [5, 5.41) is -0.806. The quantitative estimate of drug-likeness (QED) is 0.363. The lowest BCUT2D eigenvalue weighted by atomic mass is 10.0. The summed E-state index contributed by atoms with van der Waals surface area (Å²) in [6.07, 6.45) is -0.570. The van der Waals surface area contributed by atoms with Crippen LogP contribution in [-0.4, -0.2) is 25.2 Å². The molecule has 3 rings (SSSR count). The van der Waals surface area contributed by atoms with E-state index in [2.05, 4.69) is 0 Å². The van der Waals surface area contributed by atoms with Gasteiger partial charge in [0.25, 0.3) is 0 Å². The zero-order chi connectivity index (χ0) is 22.8. The smallest absolute Gasteiger partial charge is 0.189 e. The van der Waals surface area contributed by atoms with Gasteiger partial charge in [-0.15, -0.1) is 0 Å². The van der Waals surface area contributed by atoms with Gasteiger partial charge in [-0.1, -0.05) is 52.5 Å². The third-order valence-electron chi connectivity index (χ3n) is 4.75. The van der Waals surface area contributed by atoms with E-state index in [0.29, 0.717) is 10.0 Å². The standard InChI is InChI=1S/C23H17Cl3O4S/c1-14-2-9-18(10-3-14)31(29,30)22(23(28)15-4-6-16(24)7-5-15)13-21(27)19-11-8-17(25)12-20(19)26/h2-12,22H,13H2,1H3/t22-/m0/s1. The topological polar surface area (TPSA) is 68.3 Å². The minimum Gasteiger partial charge on any atom is -0.294 e. The van der Waals surface area contributed by atoms with Crippen molar-refractivity contribution in [3.05, 3.63) is 98.5 Å². The Morgan fingerprint density at radius 3 is 2.00 bits per heavy atom. The lowest BCUT2D eigenvalue weighted by Gasteiger charge is -2.17. The third kappa shape index (κ3) is 5.36. The first-order chi connectivity index (χ1) is 14.6. The fourth-order valence-electron chi connectivity index (χ4n) is 3.03. The molecule has 3 aromatic rings. The van der Waals surface area contributed by atoms with Gasteiger partial charge in [-0.3, -0.25) is 9.59 Å². The van der Waals surface area contributed by atoms with Gasteiger partial charge in [0.05, 0.1) is 9.92 Å². The van der Waals surface area contributed by atoms with E-state index < -0.39 is 33.1 Å². The van der Waals surface area contributed by atoms with Crippen molar-refractivity contribution in [1.82, 2.24) is 0 Å². The van der Waals surface area contributed by atoms with Crippen LogP contribution in [0.5, 0.6) is 0 Å². The van der Waals surface area contributed by atoms with Crippen molar-refractivity contribution < 1.29 is 18.0 Å². The Bertz CT molecular complexity index is 1230. The Morgan fingerprint density at radius 1 is 0.839 bits per heavy atom. The number of ketones is 2. The number of carbonyl (C=O) groups excluding carboxylic acids is 2. The second kappa shape index (κ2) is 9.53. The fraction of sp³-hybridized carbons (Fsp3) is 0.130. The second-order valence-electron chi connectivity index (χ2n) is 6.97. The van der Waals surface area contributed by atoms with Crippen molar-refractivity contribution in [2.75, 3.05) is 0 Å². The van der Waals surface area contributed by atoms with Crippen LogP contribution in [-0.2, 0) is 9.84 Å². The molecule has 0 saturated carbocycles. The van der Waals surface area contributed by atoms with Gasteiger partial charge >= 0.3 is 0 Å². The molecular formula is C23H17Cl3O4S. The SMILES string of the molecule is Cc1ccc(S(=O)(=O)[C@@H](CC(=O)c2ccc(Cl)cc2Cl)C(=O)c2ccc(Cl)cc2)cc1. The molecule has 0 spiro atoms. The first-order valence-corrected chi connectivity index (χ1v) is 11.9. The molecule has 0 aliphatic heterocycles. The van der Waals surface area contributed by atoms with E-state index in [1.165, 1.54) is 54.6 Å². The number of sulfone groups is 1. The molecular weight excluding hydrogens is 479 g/mol. The maximum atomic E-state index is 13.4. The van der Waals surface area contributed by atoms with Crippen LogP contribution in [0.25, 0.3) is 0 Å². The Labute approximate surface area is 195 Å². The number of hydrogen-bond acceptors (Lipinski definition) is 4. The minimum absolute atomic E-state index is 0.0413. The lowest BCUT2D eigenvalue weighted by molar-refractivity contribution is 0.0921. The van der Waals surface area contributed by atoms with E-state index in [4.69, 9.17) is 34.8 Å². The predicted octanol–water partition coefficient (Wildman–Crippen LogP) is 6.25. The number of Topliss-reactive ketones (excluding diaryl/α,β-unsaturated/α-hetero) is 2. The van der Waals surface area contributed by atoms with Crippen molar-refractivity contribution in [3.63, 3.8) is 0 Å². The van der Waals surface area contributed by atoms with E-state index in [0.717, 1.165) is 5.56 Å². The highest BCUT2D eigenvalue weighted by Gasteiger charge is 2.37. The molecule has 8 heteroatoms. The molecule has 0 saturated heterocycles. The molecule has 0 bridgehead atoms. The lowest BCUT2D eigenvalue weighted by Crippen LogP contribution is -2.33. The molecule has 0 fully saturated rings. The highest BCUT2D eigenvalue weighted by molar-refractivity contribution is 7.92. The molecule has 1 atom stereocenters. The summed E-state index contributed by atoms with van der Waals surface area (Å²) >= 11 is 17.9. The summed E-state index contributed by atoms with van der Waals surface area (Å²) in [4.78, 5) is 26.1. The van der Waals surface area contributed by atoms with Crippen LogP contribution in [0.2, 0.25) is 15.1 Å².